The summed E-state index contributed by atoms with van der Waals surface area (Å²) >= 11 is 7.52. The highest BCUT2D eigenvalue weighted by atomic mass is 79.9. The largest absolute Gasteiger partial charge is 0.398 e. The van der Waals surface area contributed by atoms with Crippen molar-refractivity contribution in [2.45, 2.75) is 64.7 Å². The predicted octanol–water partition coefficient (Wildman–Crippen LogP) is 6.31. The molecule has 5 heteroatoms. The van der Waals surface area contributed by atoms with Crippen molar-refractivity contribution in [2.75, 3.05) is 18.8 Å². The van der Waals surface area contributed by atoms with Gasteiger partial charge < -0.3 is 10.5 Å². The summed E-state index contributed by atoms with van der Waals surface area (Å²) in [6.07, 6.45) is 2.28. The Bertz CT molecular complexity index is 930. The summed E-state index contributed by atoms with van der Waals surface area (Å²) in [6.45, 7) is 12.2. The maximum absolute atomic E-state index is 6.57. The second-order valence-electron chi connectivity index (χ2n) is 9.73. The number of rotatable bonds is 5. The fourth-order valence-electron chi connectivity index (χ4n) is 5.60. The lowest BCUT2D eigenvalue weighted by molar-refractivity contribution is -0.0649. The molecule has 0 radical (unpaired) electrons. The molecular weight excluding hydrogens is 504 g/mol. The van der Waals surface area contributed by atoms with Crippen LogP contribution in [0.4, 0.5) is 5.69 Å². The van der Waals surface area contributed by atoms with Gasteiger partial charge in [-0.05, 0) is 70.4 Å². The lowest BCUT2D eigenvalue weighted by Crippen LogP contribution is -2.64. The SMILES string of the molecule is CC(CN1CCC2(C)c3c(Br)cc(Br)c(N)c3CC1C2(C)C)OCc1ccccc1. The number of nitrogens with two attached hydrogens (primary N) is 1. The average molecular weight is 536 g/mol. The minimum atomic E-state index is 0.0868. The van der Waals surface area contributed by atoms with Crippen LogP contribution in [0.2, 0.25) is 0 Å². The van der Waals surface area contributed by atoms with E-state index >= 15 is 0 Å². The van der Waals surface area contributed by atoms with E-state index in [1.54, 1.807) is 0 Å². The van der Waals surface area contributed by atoms with E-state index in [9.17, 15) is 0 Å². The van der Waals surface area contributed by atoms with Crippen molar-refractivity contribution in [1.29, 1.82) is 0 Å². The standard InChI is InChI=1S/C25H32Br2N2O/c1-16(30-15-17-8-6-5-7-9-17)14-29-11-10-25(4)22-18(12-21(29)24(25,2)3)23(28)20(27)13-19(22)26/h5-9,13,16,21H,10-12,14-15,28H2,1-4H3. The van der Waals surface area contributed by atoms with Crippen molar-refractivity contribution in [1.82, 2.24) is 4.90 Å². The highest BCUT2D eigenvalue weighted by molar-refractivity contribution is 9.11. The molecule has 1 aliphatic carbocycles. The van der Waals surface area contributed by atoms with E-state index in [4.69, 9.17) is 10.5 Å². The van der Waals surface area contributed by atoms with E-state index in [0.717, 1.165) is 36.1 Å². The molecule has 0 aromatic heterocycles. The number of hydrogen-bond acceptors (Lipinski definition) is 3. The molecule has 162 valence electrons. The number of nitrogen functional groups attached to an aromatic ring is 1. The molecule has 3 unspecified atom stereocenters. The van der Waals surface area contributed by atoms with Gasteiger partial charge in [-0.1, -0.05) is 67.0 Å². The number of fused-ring (bicyclic) bond motifs is 4. The van der Waals surface area contributed by atoms with Gasteiger partial charge in [0.05, 0.1) is 12.7 Å². The van der Waals surface area contributed by atoms with Crippen LogP contribution < -0.4 is 5.73 Å². The molecule has 2 N–H and O–H groups in total. The number of ether oxygens (including phenoxy) is 1. The van der Waals surface area contributed by atoms with Gasteiger partial charge in [-0.25, -0.2) is 0 Å². The summed E-state index contributed by atoms with van der Waals surface area (Å²) in [5, 5.41) is 0. The van der Waals surface area contributed by atoms with Crippen LogP contribution in [0.3, 0.4) is 0 Å². The van der Waals surface area contributed by atoms with Gasteiger partial charge in [0, 0.05) is 32.6 Å². The Balaban J connectivity index is 1.57. The number of likely N-dealkylation sites (tertiary alicyclic amines) is 1. The van der Waals surface area contributed by atoms with Gasteiger partial charge in [0.1, 0.15) is 0 Å². The minimum absolute atomic E-state index is 0.0868. The molecule has 2 aromatic carbocycles. The summed E-state index contributed by atoms with van der Waals surface area (Å²) < 4.78 is 8.38. The first-order chi connectivity index (χ1) is 14.1. The van der Waals surface area contributed by atoms with E-state index in [1.807, 2.05) is 6.07 Å². The maximum atomic E-state index is 6.57. The van der Waals surface area contributed by atoms with Gasteiger partial charge in [0.15, 0.2) is 0 Å². The zero-order valence-corrected chi connectivity index (χ0v) is 21.5. The maximum Gasteiger partial charge on any atom is 0.0721 e. The second-order valence-corrected chi connectivity index (χ2v) is 11.4. The lowest BCUT2D eigenvalue weighted by atomic mass is 9.51. The molecule has 2 bridgehead atoms. The van der Waals surface area contributed by atoms with E-state index in [0.29, 0.717) is 12.6 Å². The second kappa shape index (κ2) is 8.23. The molecule has 0 spiro atoms. The smallest absolute Gasteiger partial charge is 0.0721 e. The Hall–Kier alpha value is -0.880. The molecule has 1 saturated heterocycles. The number of nitrogens with zero attached hydrogens (tertiary/aromatic N) is 1. The van der Waals surface area contributed by atoms with E-state index in [2.05, 4.69) is 94.8 Å². The quantitative estimate of drug-likeness (QED) is 0.455. The summed E-state index contributed by atoms with van der Waals surface area (Å²) in [6, 6.07) is 13.0. The molecule has 1 heterocycles. The topological polar surface area (TPSA) is 38.5 Å². The Labute approximate surface area is 197 Å². The molecule has 0 saturated carbocycles. The lowest BCUT2D eigenvalue weighted by Gasteiger charge is -2.61. The number of halogens is 2. The Morgan fingerprint density at radius 3 is 2.57 bits per heavy atom. The van der Waals surface area contributed by atoms with Crippen molar-refractivity contribution in [2.24, 2.45) is 5.41 Å². The van der Waals surface area contributed by atoms with E-state index < -0.39 is 0 Å². The zero-order chi connectivity index (χ0) is 21.7. The molecule has 1 fully saturated rings. The molecule has 3 atom stereocenters. The molecular formula is C25H32Br2N2O. The van der Waals surface area contributed by atoms with E-state index in [-0.39, 0.29) is 16.9 Å². The number of benzene rings is 2. The van der Waals surface area contributed by atoms with Crippen molar-refractivity contribution >= 4 is 37.5 Å². The van der Waals surface area contributed by atoms with Crippen molar-refractivity contribution in [3.63, 3.8) is 0 Å². The highest BCUT2D eigenvalue weighted by Crippen LogP contribution is 2.59. The number of hydrogen-bond donors (Lipinski definition) is 1. The molecule has 4 rings (SSSR count). The Kier molecular flexibility index (Phi) is 6.13. The minimum Gasteiger partial charge on any atom is -0.398 e. The third-order valence-corrected chi connectivity index (χ3v) is 9.07. The first kappa shape index (κ1) is 22.3. The van der Waals surface area contributed by atoms with Crippen LogP contribution in [0.25, 0.3) is 0 Å². The highest BCUT2D eigenvalue weighted by Gasteiger charge is 2.57. The molecule has 3 nitrogen and oxygen atoms in total. The summed E-state index contributed by atoms with van der Waals surface area (Å²) in [5.74, 6) is 0. The first-order valence-electron chi connectivity index (χ1n) is 10.8. The summed E-state index contributed by atoms with van der Waals surface area (Å²) in [4.78, 5) is 2.65. The van der Waals surface area contributed by atoms with Gasteiger partial charge >= 0.3 is 0 Å². The molecule has 0 amide bonds. The molecule has 1 aliphatic heterocycles. The summed E-state index contributed by atoms with van der Waals surface area (Å²) in [7, 11) is 0. The van der Waals surface area contributed by atoms with Gasteiger partial charge in [-0.3, -0.25) is 4.90 Å². The fourth-order valence-corrected chi connectivity index (χ4v) is 7.28. The third-order valence-electron chi connectivity index (χ3n) is 7.79. The molecule has 2 aliphatic rings. The van der Waals surface area contributed by atoms with Crippen LogP contribution in [0, 0.1) is 5.41 Å². The fraction of sp³-hybridized carbons (Fsp3) is 0.520. The van der Waals surface area contributed by atoms with Crippen molar-refractivity contribution in [3.8, 4) is 0 Å². The monoisotopic (exact) mass is 534 g/mol. The van der Waals surface area contributed by atoms with Crippen LogP contribution in [-0.4, -0.2) is 30.1 Å². The van der Waals surface area contributed by atoms with E-state index in [1.165, 1.54) is 21.2 Å². The molecule has 2 aromatic rings. The average Bonchev–Trinajstić information content (AvgIpc) is 2.69. The number of anilines is 1. The van der Waals surface area contributed by atoms with Crippen molar-refractivity contribution in [3.05, 3.63) is 62.0 Å². The van der Waals surface area contributed by atoms with Crippen molar-refractivity contribution < 1.29 is 4.74 Å². The zero-order valence-electron chi connectivity index (χ0n) is 18.3. The van der Waals surface area contributed by atoms with Gasteiger partial charge in [0.25, 0.3) is 0 Å². The van der Waals surface area contributed by atoms with Crippen LogP contribution in [0.15, 0.2) is 45.3 Å². The van der Waals surface area contributed by atoms with Gasteiger partial charge in [-0.2, -0.15) is 0 Å². The number of piperidine rings is 1. The summed E-state index contributed by atoms with van der Waals surface area (Å²) in [5.41, 5.74) is 11.6. The first-order valence-corrected chi connectivity index (χ1v) is 12.4. The van der Waals surface area contributed by atoms with Gasteiger partial charge in [0.2, 0.25) is 0 Å². The van der Waals surface area contributed by atoms with Gasteiger partial charge in [-0.15, -0.1) is 0 Å². The van der Waals surface area contributed by atoms with Crippen LogP contribution in [-0.2, 0) is 23.2 Å². The predicted molar refractivity (Wildman–Crippen MR) is 132 cm³/mol. The molecule has 30 heavy (non-hydrogen) atoms. The normalized spacial score (nSPS) is 26.3. The Morgan fingerprint density at radius 2 is 1.87 bits per heavy atom. The Morgan fingerprint density at radius 1 is 1.17 bits per heavy atom. The third kappa shape index (κ3) is 3.66. The van der Waals surface area contributed by atoms with Crippen LogP contribution >= 0.6 is 31.9 Å². The van der Waals surface area contributed by atoms with Crippen LogP contribution in [0.1, 0.15) is 50.8 Å². The van der Waals surface area contributed by atoms with Crippen LogP contribution in [0.5, 0.6) is 0 Å².